The summed E-state index contributed by atoms with van der Waals surface area (Å²) in [5.74, 6) is 3.59. The van der Waals surface area contributed by atoms with Crippen LogP contribution in [0.2, 0.25) is 0 Å². The van der Waals surface area contributed by atoms with Crippen LogP contribution >= 0.6 is 0 Å². The quantitative estimate of drug-likeness (QED) is 0.665. The molecule has 1 aromatic carbocycles. The summed E-state index contributed by atoms with van der Waals surface area (Å²) in [6.45, 7) is 5.49. The van der Waals surface area contributed by atoms with Crippen molar-refractivity contribution in [2.75, 3.05) is 40.1 Å². The number of aryl methyl sites for hydroxylation is 1. The van der Waals surface area contributed by atoms with Crippen LogP contribution in [0.4, 0.5) is 0 Å². The van der Waals surface area contributed by atoms with Crippen molar-refractivity contribution in [1.82, 2.24) is 0 Å². The number of benzene rings is 1. The number of aromatic hydroxyl groups is 1. The predicted octanol–water partition coefficient (Wildman–Crippen LogP) is 3.51. The van der Waals surface area contributed by atoms with Gasteiger partial charge in [-0.15, -0.1) is 0 Å². The van der Waals surface area contributed by atoms with Crippen LogP contribution < -0.4 is 0 Å². The third-order valence-electron chi connectivity index (χ3n) is 5.77. The maximum absolute atomic E-state index is 7.07. The van der Waals surface area contributed by atoms with Crippen LogP contribution in [-0.2, 0) is 14.2 Å². The van der Waals surface area contributed by atoms with Gasteiger partial charge in [-0.05, 0) is 67.1 Å². The summed E-state index contributed by atoms with van der Waals surface area (Å²) in [5, 5.41) is 4.64. The first-order valence-corrected chi connectivity index (χ1v) is 9.11. The summed E-state index contributed by atoms with van der Waals surface area (Å²) in [6, 6.07) is 6.29. The Labute approximate surface area is 146 Å². The van der Waals surface area contributed by atoms with Crippen LogP contribution in [0.1, 0.15) is 36.3 Å². The molecule has 2 bridgehead atoms. The molecule has 1 N–H and O–H groups in total. The van der Waals surface area contributed by atoms with Gasteiger partial charge in [-0.1, -0.05) is 12.1 Å². The van der Waals surface area contributed by atoms with E-state index in [1.54, 1.807) is 7.11 Å². The third kappa shape index (κ3) is 4.11. The number of hydrogen-bond donors (Lipinski definition) is 1. The van der Waals surface area contributed by atoms with Crippen molar-refractivity contribution in [3.8, 4) is 5.75 Å². The normalized spacial score (nSPS) is 29.0. The highest BCUT2D eigenvalue weighted by Crippen LogP contribution is 2.55. The molecule has 4 heteroatoms. The Morgan fingerprint density at radius 2 is 1.92 bits per heavy atom. The Morgan fingerprint density at radius 3 is 2.62 bits per heavy atom. The molecule has 2 fully saturated rings. The number of rotatable bonds is 10. The number of fused-ring (bicyclic) bond motifs is 2. The SMILES string of the molecule is [2H]Oc1ccc(C2CC3CC2CC3COCCOCCOC)cc1C. The number of ether oxygens (including phenoxy) is 3. The van der Waals surface area contributed by atoms with Crippen molar-refractivity contribution in [1.29, 1.82) is 1.43 Å². The molecule has 4 nitrogen and oxygen atoms in total. The van der Waals surface area contributed by atoms with Gasteiger partial charge in [0.15, 0.2) is 0 Å². The van der Waals surface area contributed by atoms with E-state index in [0.29, 0.717) is 44.0 Å². The molecule has 2 aliphatic carbocycles. The Balaban J connectivity index is 1.41. The molecular formula is C20H30O4. The van der Waals surface area contributed by atoms with Crippen molar-refractivity contribution in [2.45, 2.75) is 32.1 Å². The maximum Gasteiger partial charge on any atom is 0.293 e. The van der Waals surface area contributed by atoms with E-state index >= 15 is 0 Å². The van der Waals surface area contributed by atoms with Gasteiger partial charge in [-0.3, -0.25) is 0 Å². The molecule has 4 unspecified atom stereocenters. The van der Waals surface area contributed by atoms with Crippen molar-refractivity contribution in [2.24, 2.45) is 17.8 Å². The minimum Gasteiger partial charge on any atom is -0.508 e. The van der Waals surface area contributed by atoms with Gasteiger partial charge in [-0.25, -0.2) is 0 Å². The van der Waals surface area contributed by atoms with E-state index in [-0.39, 0.29) is 0 Å². The first kappa shape index (κ1) is 16.4. The summed E-state index contributed by atoms with van der Waals surface area (Å²) < 4.78 is 23.3. The maximum atomic E-state index is 7.07. The number of hydrogen-bond acceptors (Lipinski definition) is 4. The monoisotopic (exact) mass is 335 g/mol. The second kappa shape index (κ2) is 8.32. The molecule has 2 aliphatic rings. The van der Waals surface area contributed by atoms with E-state index < -0.39 is 0 Å². The molecular weight excluding hydrogens is 304 g/mol. The lowest BCUT2D eigenvalue weighted by molar-refractivity contribution is 0.00912. The molecule has 0 heterocycles. The smallest absolute Gasteiger partial charge is 0.293 e. The van der Waals surface area contributed by atoms with Crippen LogP contribution in [0.3, 0.4) is 0 Å². The van der Waals surface area contributed by atoms with E-state index in [1.807, 2.05) is 13.0 Å². The minimum atomic E-state index is 0.638. The summed E-state index contributed by atoms with van der Waals surface area (Å²) in [7, 11) is 1.68. The van der Waals surface area contributed by atoms with Crippen LogP contribution in [0.5, 0.6) is 5.75 Å². The molecule has 2 saturated carbocycles. The molecule has 4 atom stereocenters. The van der Waals surface area contributed by atoms with Gasteiger partial charge in [0.25, 0.3) is 1.43 Å². The average Bonchev–Trinajstić information content (AvgIpc) is 3.21. The molecule has 24 heavy (non-hydrogen) atoms. The van der Waals surface area contributed by atoms with E-state index in [9.17, 15) is 0 Å². The average molecular weight is 335 g/mol. The zero-order chi connectivity index (χ0) is 17.6. The highest BCUT2D eigenvalue weighted by atomic mass is 16.5. The largest absolute Gasteiger partial charge is 0.508 e. The van der Waals surface area contributed by atoms with Crippen molar-refractivity contribution in [3.05, 3.63) is 29.3 Å². The summed E-state index contributed by atoms with van der Waals surface area (Å²) in [6.07, 6.45) is 3.87. The lowest BCUT2D eigenvalue weighted by Gasteiger charge is -2.28. The van der Waals surface area contributed by atoms with Crippen molar-refractivity contribution >= 4 is 0 Å². The van der Waals surface area contributed by atoms with E-state index in [0.717, 1.165) is 24.0 Å². The zero-order valence-electron chi connectivity index (χ0n) is 15.8. The predicted molar refractivity (Wildman–Crippen MR) is 93.4 cm³/mol. The Hall–Kier alpha value is -1.10. The third-order valence-corrected chi connectivity index (χ3v) is 5.77. The fourth-order valence-corrected chi connectivity index (χ4v) is 4.51. The van der Waals surface area contributed by atoms with Gasteiger partial charge in [0, 0.05) is 13.7 Å². The molecule has 3 rings (SSSR count). The van der Waals surface area contributed by atoms with E-state index in [1.165, 1.54) is 24.8 Å². The van der Waals surface area contributed by atoms with Gasteiger partial charge >= 0.3 is 0 Å². The van der Waals surface area contributed by atoms with Crippen LogP contribution in [0, 0.1) is 24.7 Å². The summed E-state index contributed by atoms with van der Waals surface area (Å²) in [4.78, 5) is 0. The van der Waals surface area contributed by atoms with Crippen molar-refractivity contribution < 1.29 is 19.3 Å². The van der Waals surface area contributed by atoms with Crippen LogP contribution in [0.25, 0.3) is 0 Å². The number of phenolic OH excluding ortho intramolecular Hbond substituents is 1. The Kier molecular flexibility index (Phi) is 5.68. The Morgan fingerprint density at radius 1 is 1.08 bits per heavy atom. The van der Waals surface area contributed by atoms with Crippen LogP contribution in [0.15, 0.2) is 18.2 Å². The van der Waals surface area contributed by atoms with Gasteiger partial charge in [-0.2, -0.15) is 0 Å². The highest BCUT2D eigenvalue weighted by Gasteiger charge is 2.46. The number of methoxy groups -OCH3 is 1. The Bertz CT molecular complexity index is 550. The van der Waals surface area contributed by atoms with Gasteiger partial charge in [0.05, 0.1) is 26.4 Å². The second-order valence-corrected chi connectivity index (χ2v) is 7.30. The van der Waals surface area contributed by atoms with E-state index in [4.69, 9.17) is 15.6 Å². The lowest BCUT2D eigenvalue weighted by atomic mass is 9.78. The fraction of sp³-hybridized carbons (Fsp3) is 0.700. The molecule has 0 aromatic heterocycles. The lowest BCUT2D eigenvalue weighted by Crippen LogP contribution is -2.22. The fourth-order valence-electron chi connectivity index (χ4n) is 4.51. The van der Waals surface area contributed by atoms with Crippen LogP contribution in [-0.4, -0.2) is 46.7 Å². The second-order valence-electron chi connectivity index (χ2n) is 7.30. The van der Waals surface area contributed by atoms with Crippen molar-refractivity contribution in [3.63, 3.8) is 0 Å². The molecule has 1 aromatic rings. The molecule has 0 saturated heterocycles. The number of phenols is 1. The highest BCUT2D eigenvalue weighted by molar-refractivity contribution is 5.37. The van der Waals surface area contributed by atoms with E-state index in [2.05, 4.69) is 17.2 Å². The standard InChI is InChI=1S/C20H30O4/c1-14-9-15(3-4-20(14)21)19-12-16-10-17(19)11-18(16)13-24-8-7-23-6-5-22-2/h3-4,9,16-19,21H,5-8,10-13H2,1-2H3/i/hD. The van der Waals surface area contributed by atoms with Gasteiger partial charge < -0.3 is 19.3 Å². The summed E-state index contributed by atoms with van der Waals surface area (Å²) in [5.41, 5.74) is 2.47. The van der Waals surface area contributed by atoms with Gasteiger partial charge in [0.2, 0.25) is 0 Å². The zero-order valence-corrected chi connectivity index (χ0v) is 14.8. The van der Waals surface area contributed by atoms with Gasteiger partial charge in [0.1, 0.15) is 5.75 Å². The molecule has 0 radical (unpaired) electrons. The molecule has 0 spiro atoms. The first-order valence-electron chi connectivity index (χ1n) is 9.52. The molecule has 134 valence electrons. The molecule has 0 amide bonds. The first-order chi connectivity index (χ1) is 12.2. The minimum absolute atomic E-state index is 0.638. The molecule has 0 aliphatic heterocycles. The topological polar surface area (TPSA) is 47.9 Å². The summed E-state index contributed by atoms with van der Waals surface area (Å²) >= 11 is 0.